The third-order valence-corrected chi connectivity index (χ3v) is 3.14. The Labute approximate surface area is 90.1 Å². The molecule has 0 unspecified atom stereocenters. The molecule has 1 aromatic heterocycles. The van der Waals surface area contributed by atoms with Crippen LogP contribution in [0.3, 0.4) is 0 Å². The van der Waals surface area contributed by atoms with E-state index in [4.69, 9.17) is 0 Å². The van der Waals surface area contributed by atoms with Gasteiger partial charge in [-0.2, -0.15) is 11.8 Å². The minimum absolute atomic E-state index is 0.799. The van der Waals surface area contributed by atoms with Crippen LogP contribution in [0.15, 0.2) is 12.5 Å². The summed E-state index contributed by atoms with van der Waals surface area (Å²) in [6, 6.07) is 0. The molecule has 4 heteroatoms. The van der Waals surface area contributed by atoms with Crippen molar-refractivity contribution in [2.45, 2.75) is 20.4 Å². The van der Waals surface area contributed by atoms with Gasteiger partial charge in [0.25, 0.3) is 0 Å². The maximum atomic E-state index is 3.96. The van der Waals surface area contributed by atoms with Crippen molar-refractivity contribution in [3.63, 3.8) is 0 Å². The van der Waals surface area contributed by atoms with E-state index in [0.29, 0.717) is 0 Å². The van der Waals surface area contributed by atoms with Gasteiger partial charge in [0.1, 0.15) is 0 Å². The summed E-state index contributed by atoms with van der Waals surface area (Å²) in [4.78, 5) is 7.03. The zero-order chi connectivity index (χ0) is 10.2. The second-order valence-corrected chi connectivity index (χ2v) is 4.87. The summed E-state index contributed by atoms with van der Waals surface area (Å²) in [6.07, 6.45) is 3.57. The summed E-state index contributed by atoms with van der Waals surface area (Å²) < 4.78 is 0. The molecule has 0 amide bonds. The van der Waals surface area contributed by atoms with Crippen molar-refractivity contribution >= 4 is 11.8 Å². The summed E-state index contributed by atoms with van der Waals surface area (Å²) in [5.74, 6) is 3.24. The Bertz CT molecular complexity index is 221. The van der Waals surface area contributed by atoms with Crippen molar-refractivity contribution in [2.24, 2.45) is 5.92 Å². The molecule has 3 nitrogen and oxygen atoms in total. The molecule has 2 N–H and O–H groups in total. The largest absolute Gasteiger partial charge is 0.347 e. The lowest BCUT2D eigenvalue weighted by molar-refractivity contribution is 0.715. The molecule has 0 fully saturated rings. The van der Waals surface area contributed by atoms with Gasteiger partial charge in [-0.25, -0.2) is 4.98 Å². The fraction of sp³-hybridized carbons (Fsp3) is 0.700. The highest BCUT2D eigenvalue weighted by atomic mass is 32.2. The van der Waals surface area contributed by atoms with Crippen molar-refractivity contribution in [3.8, 4) is 0 Å². The van der Waals surface area contributed by atoms with Crippen LogP contribution in [-0.2, 0) is 6.54 Å². The minimum atomic E-state index is 0.799. The molecule has 80 valence electrons. The maximum absolute atomic E-state index is 3.96. The predicted molar refractivity (Wildman–Crippen MR) is 62.5 cm³/mol. The standard InChI is InChI=1S/C10H19N3S/c1-9(2)7-14-4-3-11-5-10-6-12-8-13-10/h6,8-9,11H,3-5,7H2,1-2H3,(H,12,13). The Morgan fingerprint density at radius 3 is 3.07 bits per heavy atom. The van der Waals surface area contributed by atoms with E-state index in [1.54, 1.807) is 6.33 Å². The van der Waals surface area contributed by atoms with E-state index in [2.05, 4.69) is 29.1 Å². The van der Waals surface area contributed by atoms with Gasteiger partial charge < -0.3 is 10.3 Å². The summed E-state index contributed by atoms with van der Waals surface area (Å²) in [7, 11) is 0. The number of thioether (sulfide) groups is 1. The highest BCUT2D eigenvalue weighted by molar-refractivity contribution is 7.99. The smallest absolute Gasteiger partial charge is 0.0922 e. The van der Waals surface area contributed by atoms with E-state index >= 15 is 0 Å². The molecular weight excluding hydrogens is 194 g/mol. The van der Waals surface area contributed by atoms with E-state index < -0.39 is 0 Å². The molecule has 0 bridgehead atoms. The van der Waals surface area contributed by atoms with Gasteiger partial charge in [0.15, 0.2) is 0 Å². The molecule has 14 heavy (non-hydrogen) atoms. The molecule has 0 radical (unpaired) electrons. The molecule has 1 heterocycles. The van der Waals surface area contributed by atoms with E-state index in [0.717, 1.165) is 24.7 Å². The Hall–Kier alpha value is -0.480. The normalized spacial score (nSPS) is 11.1. The number of hydrogen-bond acceptors (Lipinski definition) is 3. The molecule has 0 saturated heterocycles. The average molecular weight is 213 g/mol. The summed E-state index contributed by atoms with van der Waals surface area (Å²) in [5.41, 5.74) is 1.15. The number of nitrogens with zero attached hydrogens (tertiary/aromatic N) is 1. The maximum Gasteiger partial charge on any atom is 0.0922 e. The first-order chi connectivity index (χ1) is 6.79. The number of aromatic amines is 1. The molecule has 0 aromatic carbocycles. The Balaban J connectivity index is 1.90. The molecular formula is C10H19N3S. The minimum Gasteiger partial charge on any atom is -0.347 e. The molecule has 0 aliphatic carbocycles. The van der Waals surface area contributed by atoms with E-state index in [-0.39, 0.29) is 0 Å². The Kier molecular flexibility index (Phi) is 5.71. The number of nitrogens with one attached hydrogen (secondary N) is 2. The third-order valence-electron chi connectivity index (χ3n) is 1.74. The average Bonchev–Trinajstić information content (AvgIpc) is 2.63. The number of aromatic nitrogens is 2. The van der Waals surface area contributed by atoms with Crippen LogP contribution in [0.25, 0.3) is 0 Å². The van der Waals surface area contributed by atoms with Gasteiger partial charge in [-0.3, -0.25) is 0 Å². The lowest BCUT2D eigenvalue weighted by atomic mass is 10.3. The van der Waals surface area contributed by atoms with Crippen LogP contribution in [0.5, 0.6) is 0 Å². The van der Waals surface area contributed by atoms with Crippen molar-refractivity contribution < 1.29 is 0 Å². The zero-order valence-corrected chi connectivity index (χ0v) is 9.73. The van der Waals surface area contributed by atoms with Crippen molar-refractivity contribution in [2.75, 3.05) is 18.1 Å². The lowest BCUT2D eigenvalue weighted by Gasteiger charge is -2.05. The first-order valence-corrected chi connectivity index (χ1v) is 6.20. The zero-order valence-electron chi connectivity index (χ0n) is 8.92. The monoisotopic (exact) mass is 213 g/mol. The Morgan fingerprint density at radius 2 is 2.43 bits per heavy atom. The first kappa shape index (κ1) is 11.6. The van der Waals surface area contributed by atoms with E-state index in [9.17, 15) is 0 Å². The van der Waals surface area contributed by atoms with Crippen molar-refractivity contribution in [1.29, 1.82) is 0 Å². The number of hydrogen-bond donors (Lipinski definition) is 2. The van der Waals surface area contributed by atoms with E-state index in [1.165, 1.54) is 11.5 Å². The van der Waals surface area contributed by atoms with Gasteiger partial charge in [0, 0.05) is 30.7 Å². The second kappa shape index (κ2) is 6.90. The summed E-state index contributed by atoms with van der Waals surface area (Å²) in [6.45, 7) is 6.47. The van der Waals surface area contributed by atoms with Gasteiger partial charge in [0.05, 0.1) is 6.33 Å². The highest BCUT2D eigenvalue weighted by Crippen LogP contribution is 2.05. The summed E-state index contributed by atoms with van der Waals surface area (Å²) >= 11 is 2.01. The fourth-order valence-electron chi connectivity index (χ4n) is 1.07. The highest BCUT2D eigenvalue weighted by Gasteiger charge is 1.95. The summed E-state index contributed by atoms with van der Waals surface area (Å²) in [5, 5.41) is 3.37. The van der Waals surface area contributed by atoms with Gasteiger partial charge in [-0.15, -0.1) is 0 Å². The first-order valence-electron chi connectivity index (χ1n) is 5.04. The van der Waals surface area contributed by atoms with Crippen LogP contribution < -0.4 is 5.32 Å². The van der Waals surface area contributed by atoms with Crippen LogP contribution in [0.4, 0.5) is 0 Å². The quantitative estimate of drug-likeness (QED) is 0.680. The Morgan fingerprint density at radius 1 is 1.57 bits per heavy atom. The van der Waals surface area contributed by atoms with Gasteiger partial charge in [0.2, 0.25) is 0 Å². The molecule has 1 rings (SSSR count). The molecule has 0 atom stereocenters. The fourth-order valence-corrected chi connectivity index (χ4v) is 1.99. The molecule has 0 aliphatic rings. The lowest BCUT2D eigenvalue weighted by Crippen LogP contribution is -2.17. The van der Waals surface area contributed by atoms with Crippen LogP contribution in [-0.4, -0.2) is 28.0 Å². The number of imidazole rings is 1. The van der Waals surface area contributed by atoms with Crippen molar-refractivity contribution in [1.82, 2.24) is 15.3 Å². The third kappa shape index (κ3) is 5.29. The van der Waals surface area contributed by atoms with Crippen LogP contribution in [0.1, 0.15) is 19.5 Å². The molecule has 0 saturated carbocycles. The SMILES string of the molecule is CC(C)CSCCNCc1cnc[nH]1. The van der Waals surface area contributed by atoms with E-state index in [1.807, 2.05) is 18.0 Å². The molecule has 0 spiro atoms. The number of H-pyrrole nitrogens is 1. The molecule has 1 aromatic rings. The van der Waals surface area contributed by atoms with Gasteiger partial charge in [-0.05, 0) is 11.7 Å². The van der Waals surface area contributed by atoms with Crippen LogP contribution in [0, 0.1) is 5.92 Å². The number of rotatable bonds is 7. The van der Waals surface area contributed by atoms with Crippen LogP contribution >= 0.6 is 11.8 Å². The second-order valence-electron chi connectivity index (χ2n) is 3.72. The van der Waals surface area contributed by atoms with Gasteiger partial charge in [-0.1, -0.05) is 13.8 Å². The predicted octanol–water partition coefficient (Wildman–Crippen LogP) is 1.89. The topological polar surface area (TPSA) is 40.7 Å². The van der Waals surface area contributed by atoms with Gasteiger partial charge >= 0.3 is 0 Å². The van der Waals surface area contributed by atoms with Crippen molar-refractivity contribution in [3.05, 3.63) is 18.2 Å². The van der Waals surface area contributed by atoms with Crippen LogP contribution in [0.2, 0.25) is 0 Å². The molecule has 0 aliphatic heterocycles.